The molecule has 1 aromatic rings. The Morgan fingerprint density at radius 2 is 1.32 bits per heavy atom. The first-order chi connectivity index (χ1) is 16.5. The molecule has 1 rings (SSSR count). The van der Waals surface area contributed by atoms with Gasteiger partial charge < -0.3 is 19.8 Å². The molecule has 0 radical (unpaired) electrons. The van der Waals surface area contributed by atoms with Crippen LogP contribution in [0.15, 0.2) is 36.4 Å². The molecule has 0 unspecified atom stereocenters. The van der Waals surface area contributed by atoms with Crippen LogP contribution in [0.2, 0.25) is 0 Å². The number of carboxylic acid groups (broad SMARTS) is 2. The number of hydrogen-bond donors (Lipinski definition) is 2. The van der Waals surface area contributed by atoms with Crippen LogP contribution in [0.25, 0.3) is 0 Å². The summed E-state index contributed by atoms with van der Waals surface area (Å²) in [7, 11) is 0. The van der Waals surface area contributed by atoms with Gasteiger partial charge in [0, 0.05) is 11.8 Å². The lowest BCUT2D eigenvalue weighted by Crippen LogP contribution is -2.34. The molecule has 0 saturated heterocycles. The summed E-state index contributed by atoms with van der Waals surface area (Å²) in [4.78, 5) is 23.4. The average molecular weight is 476 g/mol. The molecule has 6 heteroatoms. The van der Waals surface area contributed by atoms with E-state index in [1.54, 1.807) is 18.2 Å². The van der Waals surface area contributed by atoms with Gasteiger partial charge in [-0.3, -0.25) is 9.59 Å². The largest absolute Gasteiger partial charge is 0.494 e. The number of anilines is 1. The van der Waals surface area contributed by atoms with E-state index in [-0.39, 0.29) is 13.1 Å². The lowest BCUT2D eigenvalue weighted by atomic mass is 10.1. The topological polar surface area (TPSA) is 87.1 Å². The minimum absolute atomic E-state index is 0.370. The molecule has 34 heavy (non-hydrogen) atoms. The maximum Gasteiger partial charge on any atom is 0.323 e. The number of ether oxygens (including phenoxy) is 1. The molecule has 0 aliphatic heterocycles. The molecule has 0 spiro atoms. The van der Waals surface area contributed by atoms with Gasteiger partial charge in [0.1, 0.15) is 18.8 Å². The van der Waals surface area contributed by atoms with Crippen molar-refractivity contribution in [2.24, 2.45) is 0 Å². The van der Waals surface area contributed by atoms with Gasteiger partial charge in [-0.15, -0.1) is 0 Å². The number of unbranched alkanes of at least 4 members (excludes halogenated alkanes) is 12. The minimum Gasteiger partial charge on any atom is -0.494 e. The second-order valence-electron chi connectivity index (χ2n) is 8.93. The van der Waals surface area contributed by atoms with Gasteiger partial charge in [-0.2, -0.15) is 0 Å². The Hall–Kier alpha value is -2.50. The van der Waals surface area contributed by atoms with E-state index in [2.05, 4.69) is 19.1 Å². The van der Waals surface area contributed by atoms with Crippen LogP contribution >= 0.6 is 0 Å². The average Bonchev–Trinajstić information content (AvgIpc) is 2.80. The van der Waals surface area contributed by atoms with Crippen molar-refractivity contribution in [1.29, 1.82) is 0 Å². The molecule has 0 aliphatic carbocycles. The molecule has 0 heterocycles. The zero-order valence-electron chi connectivity index (χ0n) is 21.1. The quantitative estimate of drug-likeness (QED) is 0.138. The molecular formula is C28H45NO5. The standard InChI is InChI=1S/C28H45NO5/c1-2-3-4-5-6-7-8-9-10-11-12-13-14-15-16-17-21-34-26-20-18-19-25(22-26)29(23-27(30)31)24-28(32)33/h9-10,18-20,22H,2-8,11-17,21,23-24H2,1H3,(H,30,31)(H,32,33). The van der Waals surface area contributed by atoms with Gasteiger partial charge in [0.15, 0.2) is 0 Å². The maximum absolute atomic E-state index is 11.0. The van der Waals surface area contributed by atoms with Gasteiger partial charge in [-0.25, -0.2) is 0 Å². The lowest BCUT2D eigenvalue weighted by molar-refractivity contribution is -0.136. The summed E-state index contributed by atoms with van der Waals surface area (Å²) >= 11 is 0. The van der Waals surface area contributed by atoms with Crippen LogP contribution in [0.4, 0.5) is 5.69 Å². The van der Waals surface area contributed by atoms with Gasteiger partial charge >= 0.3 is 11.9 Å². The molecule has 0 atom stereocenters. The molecule has 192 valence electrons. The predicted octanol–water partition coefficient (Wildman–Crippen LogP) is 7.08. The molecular weight excluding hydrogens is 430 g/mol. The zero-order valence-corrected chi connectivity index (χ0v) is 21.1. The Morgan fingerprint density at radius 3 is 1.88 bits per heavy atom. The van der Waals surface area contributed by atoms with Crippen LogP contribution in [-0.2, 0) is 9.59 Å². The molecule has 0 amide bonds. The van der Waals surface area contributed by atoms with Gasteiger partial charge in [0.2, 0.25) is 0 Å². The van der Waals surface area contributed by atoms with Crippen molar-refractivity contribution in [3.8, 4) is 5.75 Å². The van der Waals surface area contributed by atoms with Crippen LogP contribution in [0.3, 0.4) is 0 Å². The minimum atomic E-state index is -1.07. The summed E-state index contributed by atoms with van der Waals surface area (Å²) < 4.78 is 5.80. The number of allylic oxidation sites excluding steroid dienone is 2. The van der Waals surface area contributed by atoms with Crippen molar-refractivity contribution in [2.45, 2.75) is 96.8 Å². The number of nitrogens with zero attached hydrogens (tertiary/aromatic N) is 1. The van der Waals surface area contributed by atoms with Crippen LogP contribution in [0.1, 0.15) is 96.8 Å². The normalized spacial score (nSPS) is 11.1. The van der Waals surface area contributed by atoms with Gasteiger partial charge in [-0.1, -0.05) is 82.9 Å². The second kappa shape index (κ2) is 19.9. The van der Waals surface area contributed by atoms with Crippen molar-refractivity contribution in [3.63, 3.8) is 0 Å². The van der Waals surface area contributed by atoms with Crippen LogP contribution < -0.4 is 9.64 Å². The highest BCUT2D eigenvalue weighted by Crippen LogP contribution is 2.21. The first-order valence-electron chi connectivity index (χ1n) is 13.1. The SMILES string of the molecule is CCCCCCCCC=CCCCCCCCCOc1cccc(N(CC(=O)O)CC(=O)O)c1. The third kappa shape index (κ3) is 16.2. The fourth-order valence-corrected chi connectivity index (χ4v) is 3.87. The summed E-state index contributed by atoms with van der Waals surface area (Å²) in [5.74, 6) is -1.51. The Labute approximate surface area is 206 Å². The fraction of sp³-hybridized carbons (Fsp3) is 0.643. The monoisotopic (exact) mass is 475 g/mol. The number of hydrogen-bond acceptors (Lipinski definition) is 4. The molecule has 0 bridgehead atoms. The maximum atomic E-state index is 11.0. The third-order valence-corrected chi connectivity index (χ3v) is 5.76. The van der Waals surface area contributed by atoms with Crippen LogP contribution in [0.5, 0.6) is 5.75 Å². The zero-order chi connectivity index (χ0) is 24.9. The highest BCUT2D eigenvalue weighted by molar-refractivity contribution is 5.79. The lowest BCUT2D eigenvalue weighted by Gasteiger charge is -2.21. The van der Waals surface area contributed by atoms with E-state index in [1.165, 1.54) is 81.9 Å². The first-order valence-corrected chi connectivity index (χ1v) is 13.1. The van der Waals surface area contributed by atoms with E-state index in [0.29, 0.717) is 18.0 Å². The van der Waals surface area contributed by atoms with Crippen molar-refractivity contribution < 1.29 is 24.5 Å². The van der Waals surface area contributed by atoms with Crippen molar-refractivity contribution >= 4 is 17.6 Å². The first kappa shape index (κ1) is 29.5. The fourth-order valence-electron chi connectivity index (χ4n) is 3.87. The number of rotatable bonds is 22. The van der Waals surface area contributed by atoms with Crippen molar-refractivity contribution in [2.75, 3.05) is 24.6 Å². The molecule has 6 nitrogen and oxygen atoms in total. The van der Waals surface area contributed by atoms with Gasteiger partial charge in [0.25, 0.3) is 0 Å². The van der Waals surface area contributed by atoms with Crippen molar-refractivity contribution in [1.82, 2.24) is 0 Å². The number of aliphatic carboxylic acids is 2. The van der Waals surface area contributed by atoms with E-state index in [9.17, 15) is 9.59 Å². The van der Waals surface area contributed by atoms with E-state index < -0.39 is 11.9 Å². The highest BCUT2D eigenvalue weighted by atomic mass is 16.5. The Balaban J connectivity index is 2.08. The number of benzene rings is 1. The van der Waals surface area contributed by atoms with E-state index in [0.717, 1.165) is 12.8 Å². The smallest absolute Gasteiger partial charge is 0.323 e. The molecule has 0 aromatic heterocycles. The second-order valence-corrected chi connectivity index (χ2v) is 8.93. The Kier molecular flexibility index (Phi) is 17.3. The molecule has 0 saturated carbocycles. The van der Waals surface area contributed by atoms with Gasteiger partial charge in [-0.05, 0) is 44.2 Å². The third-order valence-electron chi connectivity index (χ3n) is 5.76. The molecule has 0 aliphatic rings. The summed E-state index contributed by atoms with van der Waals surface area (Å²) in [5.41, 5.74) is 0.531. The van der Waals surface area contributed by atoms with Gasteiger partial charge in [0.05, 0.1) is 6.61 Å². The summed E-state index contributed by atoms with van der Waals surface area (Å²) in [5, 5.41) is 18.0. The van der Waals surface area contributed by atoms with E-state index in [4.69, 9.17) is 14.9 Å². The van der Waals surface area contributed by atoms with Crippen molar-refractivity contribution in [3.05, 3.63) is 36.4 Å². The summed E-state index contributed by atoms with van der Waals surface area (Å²) in [6.45, 7) is 2.12. The predicted molar refractivity (Wildman–Crippen MR) is 139 cm³/mol. The Morgan fingerprint density at radius 1 is 0.794 bits per heavy atom. The Bertz CT molecular complexity index is 688. The van der Waals surface area contributed by atoms with Crippen LogP contribution in [-0.4, -0.2) is 41.8 Å². The van der Waals surface area contributed by atoms with E-state index in [1.807, 2.05) is 6.07 Å². The number of carboxylic acids is 2. The molecule has 2 N–H and O–H groups in total. The number of carbonyl (C=O) groups is 2. The summed E-state index contributed by atoms with van der Waals surface area (Å²) in [6, 6.07) is 6.96. The molecule has 0 fully saturated rings. The van der Waals surface area contributed by atoms with Crippen LogP contribution in [0, 0.1) is 0 Å². The highest BCUT2D eigenvalue weighted by Gasteiger charge is 2.14. The summed E-state index contributed by atoms with van der Waals surface area (Å²) in [6.07, 6.45) is 22.4. The van der Waals surface area contributed by atoms with E-state index >= 15 is 0 Å². The molecule has 1 aromatic carbocycles.